The topological polar surface area (TPSA) is 31.4 Å². The van der Waals surface area contributed by atoms with Crippen LogP contribution in [0.2, 0.25) is 0 Å². The lowest BCUT2D eigenvalue weighted by Gasteiger charge is -2.44. The highest BCUT2D eigenvalue weighted by molar-refractivity contribution is 7.02. The first-order valence-electron chi connectivity index (χ1n) is 30.7. The number of hydrogen-bond donors (Lipinski definition) is 0. The minimum Gasteiger partial charge on any atom is -0.457 e. The molecule has 8 heteroatoms. The van der Waals surface area contributed by atoms with Gasteiger partial charge < -0.3 is 29.1 Å². The van der Waals surface area contributed by atoms with Gasteiger partial charge in [-0.1, -0.05) is 194 Å². The first-order chi connectivity index (χ1) is 43.9. The first-order valence-corrected chi connectivity index (χ1v) is 30.7. The molecule has 0 aromatic heterocycles. The molecule has 0 unspecified atom stereocenters. The fourth-order valence-corrected chi connectivity index (χ4v) is 14.9. The maximum atomic E-state index is 8.07. The molecule has 4 aliphatic rings. The minimum atomic E-state index is -0.261. The summed E-state index contributed by atoms with van der Waals surface area (Å²) in [6.07, 6.45) is 0. The van der Waals surface area contributed by atoms with Crippen LogP contribution in [0.5, 0.6) is 23.0 Å². The number of fused-ring (bicyclic) bond motifs is 8. The predicted octanol–water partition coefficient (Wildman–Crippen LogP) is 17.7. The van der Waals surface area contributed by atoms with Gasteiger partial charge in [0.2, 0.25) is 0 Å². The third-order valence-electron chi connectivity index (χ3n) is 18.3. The zero-order valence-electron chi connectivity index (χ0n) is 49.6. The lowest BCUT2D eigenvalue weighted by Crippen LogP contribution is -2.63. The van der Waals surface area contributed by atoms with Crippen molar-refractivity contribution in [2.45, 2.75) is 20.8 Å². The van der Waals surface area contributed by atoms with Crippen molar-refractivity contribution in [1.82, 2.24) is 0 Å². The molecule has 13 aromatic carbocycles. The average Bonchev–Trinajstić information content (AvgIpc) is 0.713. The van der Waals surface area contributed by atoms with Crippen LogP contribution in [0.1, 0.15) is 16.7 Å². The van der Waals surface area contributed by atoms with E-state index in [-0.39, 0.29) is 13.4 Å². The highest BCUT2D eigenvalue weighted by atomic mass is 16.5. The van der Waals surface area contributed by atoms with Gasteiger partial charge in [0.05, 0.1) is 16.9 Å². The normalized spacial score (nSPS) is 12.8. The van der Waals surface area contributed by atoms with Gasteiger partial charge in [0.15, 0.2) is 0 Å². The Morgan fingerprint density at radius 3 is 1.02 bits per heavy atom. The highest BCUT2D eigenvalue weighted by Gasteiger charge is 2.49. The van der Waals surface area contributed by atoms with Crippen LogP contribution in [0.15, 0.2) is 297 Å². The lowest BCUT2D eigenvalue weighted by molar-refractivity contribution is 0.469. The van der Waals surface area contributed by atoms with Crippen molar-refractivity contribution in [2.24, 2.45) is 0 Å². The Labute approximate surface area is 520 Å². The molecular weight excluding hydrogens is 1080 g/mol. The van der Waals surface area contributed by atoms with Gasteiger partial charge >= 0.3 is 0 Å². The molecule has 6 nitrogen and oxygen atoms in total. The van der Waals surface area contributed by atoms with Gasteiger partial charge in [0, 0.05) is 69.0 Å². The Balaban J connectivity index is 0.995. The summed E-state index contributed by atoms with van der Waals surface area (Å²) in [5.74, 6) is 3.12. The van der Waals surface area contributed by atoms with Crippen LogP contribution in [0, 0.1) is 20.8 Å². The molecular formula is C81H58B2N4O2. The quantitative estimate of drug-likeness (QED) is 0.127. The van der Waals surface area contributed by atoms with E-state index in [0.717, 1.165) is 130 Å². The summed E-state index contributed by atoms with van der Waals surface area (Å²) in [5.41, 5.74) is 27.3. The minimum absolute atomic E-state index is 0.261. The SMILES string of the molecule is Cc1cc(C)c(-c2ccccc2-c2c3c(cc4c2Oc2cc(N(c5ccccc5)c5ccccc5)cc5c2B4c2ccccc2N5c2ccccc2)B2c4ccccc4N(c4ccccc4)c4cc(N(c5ccccc5)c5ccccc5)cc(c42)O3)c(C)c1. The van der Waals surface area contributed by atoms with Gasteiger partial charge in [-0.3, -0.25) is 0 Å². The van der Waals surface area contributed by atoms with Gasteiger partial charge in [-0.2, -0.15) is 0 Å². The average molecular weight is 1140 g/mol. The Kier molecular flexibility index (Phi) is 12.3. The Morgan fingerprint density at radius 1 is 0.292 bits per heavy atom. The number of aryl methyl sites for hydroxylation is 3. The molecule has 0 N–H and O–H groups in total. The van der Waals surface area contributed by atoms with E-state index in [0.29, 0.717) is 0 Å². The van der Waals surface area contributed by atoms with Crippen molar-refractivity contribution in [1.29, 1.82) is 0 Å². The van der Waals surface area contributed by atoms with E-state index in [1.54, 1.807) is 0 Å². The molecule has 89 heavy (non-hydrogen) atoms. The maximum Gasteiger partial charge on any atom is 0.256 e. The molecule has 0 spiro atoms. The monoisotopic (exact) mass is 1140 g/mol. The van der Waals surface area contributed by atoms with Crippen molar-refractivity contribution >= 4 is 114 Å². The first kappa shape index (κ1) is 52.1. The van der Waals surface area contributed by atoms with Gasteiger partial charge in [0.1, 0.15) is 23.0 Å². The number of benzene rings is 13. The van der Waals surface area contributed by atoms with Gasteiger partial charge in [-0.15, -0.1) is 0 Å². The second kappa shape index (κ2) is 21.0. The van der Waals surface area contributed by atoms with Crippen molar-refractivity contribution in [3.05, 3.63) is 314 Å². The summed E-state index contributed by atoms with van der Waals surface area (Å²) >= 11 is 0. The molecule has 0 saturated carbocycles. The fourth-order valence-electron chi connectivity index (χ4n) is 14.9. The van der Waals surface area contributed by atoms with Gasteiger partial charge in [-0.25, -0.2) is 0 Å². The second-order valence-corrected chi connectivity index (χ2v) is 23.7. The number of hydrogen-bond acceptors (Lipinski definition) is 6. The molecule has 4 aliphatic heterocycles. The van der Waals surface area contributed by atoms with Crippen LogP contribution < -0.4 is 61.9 Å². The van der Waals surface area contributed by atoms with Crippen LogP contribution in [0.3, 0.4) is 0 Å². The summed E-state index contributed by atoms with van der Waals surface area (Å²) in [4.78, 5) is 9.59. The molecule has 0 atom stereocenters. The van der Waals surface area contributed by atoms with E-state index in [1.807, 2.05) is 0 Å². The van der Waals surface area contributed by atoms with Crippen LogP contribution in [-0.2, 0) is 0 Å². The second-order valence-electron chi connectivity index (χ2n) is 23.7. The summed E-state index contributed by atoms with van der Waals surface area (Å²) in [5, 5.41) is 0. The van der Waals surface area contributed by atoms with E-state index in [9.17, 15) is 0 Å². The van der Waals surface area contributed by atoms with Crippen LogP contribution >= 0.6 is 0 Å². The Bertz CT molecular complexity index is 4560. The van der Waals surface area contributed by atoms with E-state index in [4.69, 9.17) is 9.47 Å². The van der Waals surface area contributed by atoms with Crippen molar-refractivity contribution in [3.8, 4) is 45.3 Å². The summed E-state index contributed by atoms with van der Waals surface area (Å²) in [6.45, 7) is 6.17. The molecule has 13 aromatic rings. The Morgan fingerprint density at radius 2 is 0.629 bits per heavy atom. The standard InChI is InChI=1S/C81H58B2N4O2/c1-53-46-54(2)76(55(3)47-53)64-40-22-23-41-65(64)77-80-68(82-66-42-24-26-44-70(66)86(60-36-18-8-19-37-60)72-48-62(50-74(88-80)78(72)82)84(56-28-10-4-11-29-56)57-30-12-5-13-31-57)52-69-81(77)89-75-51-63(85(58-32-14-6-15-33-58)59-34-16-7-17-35-59)49-73-79(75)83(69)67-43-25-27-45-71(67)87(73)61-38-20-9-21-39-61/h4-52H,1-3H3. The number of nitrogens with zero attached hydrogens (tertiary/aromatic N) is 4. The largest absolute Gasteiger partial charge is 0.457 e. The molecule has 0 saturated heterocycles. The van der Waals surface area contributed by atoms with Crippen LogP contribution in [-0.4, -0.2) is 13.4 Å². The molecule has 0 amide bonds. The third kappa shape index (κ3) is 8.43. The number of anilines is 12. The number of rotatable bonds is 10. The van der Waals surface area contributed by atoms with E-state index in [1.165, 1.54) is 33.2 Å². The van der Waals surface area contributed by atoms with Gasteiger partial charge in [-0.05, 0) is 178 Å². The molecule has 0 radical (unpaired) electrons. The smallest absolute Gasteiger partial charge is 0.256 e. The van der Waals surface area contributed by atoms with Crippen molar-refractivity contribution in [2.75, 3.05) is 19.6 Å². The van der Waals surface area contributed by atoms with Crippen molar-refractivity contribution in [3.63, 3.8) is 0 Å². The molecule has 420 valence electrons. The zero-order valence-corrected chi connectivity index (χ0v) is 49.6. The van der Waals surface area contributed by atoms with Crippen molar-refractivity contribution < 1.29 is 9.47 Å². The molecule has 17 rings (SSSR count). The predicted molar refractivity (Wildman–Crippen MR) is 373 cm³/mol. The van der Waals surface area contributed by atoms with Gasteiger partial charge in [0.25, 0.3) is 13.4 Å². The molecule has 4 heterocycles. The van der Waals surface area contributed by atoms with E-state index >= 15 is 0 Å². The third-order valence-corrected chi connectivity index (χ3v) is 18.3. The van der Waals surface area contributed by atoms with E-state index < -0.39 is 0 Å². The molecule has 0 aliphatic carbocycles. The maximum absolute atomic E-state index is 8.07. The Hall–Kier alpha value is -11.2. The molecule has 0 fully saturated rings. The van der Waals surface area contributed by atoms with Crippen LogP contribution in [0.4, 0.5) is 68.2 Å². The van der Waals surface area contributed by atoms with Crippen LogP contribution in [0.25, 0.3) is 22.3 Å². The summed E-state index contributed by atoms with van der Waals surface area (Å²) in [7, 11) is 0. The lowest BCUT2D eigenvalue weighted by atomic mass is 9.30. The summed E-state index contributed by atoms with van der Waals surface area (Å²) < 4.78 is 16.1. The summed E-state index contributed by atoms with van der Waals surface area (Å²) in [6, 6.07) is 108. The fraction of sp³-hybridized carbons (Fsp3) is 0.0370. The zero-order chi connectivity index (χ0) is 59.3. The number of para-hydroxylation sites is 8. The number of ether oxygens (including phenoxy) is 2. The molecule has 0 bridgehead atoms. The van der Waals surface area contributed by atoms with E-state index in [2.05, 4.69) is 338 Å². The highest BCUT2D eigenvalue weighted by Crippen LogP contribution is 2.53.